The average Bonchev–Trinajstić information content (AvgIpc) is 2.66. The zero-order valence-electron chi connectivity index (χ0n) is 18.5. The van der Waals surface area contributed by atoms with Gasteiger partial charge in [-0.25, -0.2) is 13.6 Å². The maximum Gasteiger partial charge on any atom is 0.407 e. The van der Waals surface area contributed by atoms with E-state index in [9.17, 15) is 18.7 Å². The van der Waals surface area contributed by atoms with E-state index >= 15 is 0 Å². The number of hydrogen-bond donors (Lipinski definition) is 3. The molecule has 1 amide bonds. The summed E-state index contributed by atoms with van der Waals surface area (Å²) in [4.78, 5) is 12.3. The van der Waals surface area contributed by atoms with Crippen LogP contribution in [0, 0.1) is 0 Å². The van der Waals surface area contributed by atoms with Gasteiger partial charge in [-0.3, -0.25) is 0 Å². The van der Waals surface area contributed by atoms with E-state index in [1.165, 1.54) is 12.1 Å². The number of hydrogen-bond acceptors (Lipinski definition) is 4. The van der Waals surface area contributed by atoms with Gasteiger partial charge >= 0.3 is 6.09 Å². The lowest BCUT2D eigenvalue weighted by molar-refractivity contribution is 0.0173. The van der Waals surface area contributed by atoms with E-state index in [4.69, 9.17) is 4.74 Å². The molecule has 2 aromatic rings. The first-order chi connectivity index (χ1) is 14.4. The van der Waals surface area contributed by atoms with Crippen LogP contribution in [0.25, 0.3) is 0 Å². The number of amides is 1. The molecule has 0 saturated heterocycles. The number of nitrogens with one attached hydrogen (secondary N) is 2. The van der Waals surface area contributed by atoms with Gasteiger partial charge < -0.3 is 20.5 Å². The number of aliphatic hydroxyl groups excluding tert-OH is 1. The lowest BCUT2D eigenvalue weighted by atomic mass is 10.0. The highest BCUT2D eigenvalue weighted by Gasteiger charge is 2.26. The summed E-state index contributed by atoms with van der Waals surface area (Å²) in [5.74, 6) is -2.91. The highest BCUT2D eigenvalue weighted by Crippen LogP contribution is 2.27. The number of aliphatic hydroxyl groups is 1. The topological polar surface area (TPSA) is 70.6 Å². The maximum absolute atomic E-state index is 13.5. The highest BCUT2D eigenvalue weighted by atomic mass is 19.3. The van der Waals surface area contributed by atoms with E-state index in [-0.39, 0.29) is 12.1 Å². The standard InChI is InChI=1S/C24H32F2N2O3/c1-23(2,3)31-22(30)28-20(14-17-9-6-5-7-10-17)21(29)16-27-15-18-11-8-12-19(13-18)24(4,25)26/h5-13,20-21,27,29H,14-16H2,1-4H3,(H,28,30)/t20-,21+/m0/s1. The number of alkyl carbamates (subject to hydrolysis) is 1. The van der Waals surface area contributed by atoms with Crippen molar-refractivity contribution < 1.29 is 23.4 Å². The van der Waals surface area contributed by atoms with E-state index in [0.717, 1.165) is 12.5 Å². The van der Waals surface area contributed by atoms with Gasteiger partial charge in [-0.05, 0) is 44.4 Å². The fourth-order valence-electron chi connectivity index (χ4n) is 3.07. The molecule has 0 aliphatic rings. The van der Waals surface area contributed by atoms with Crippen molar-refractivity contribution in [1.29, 1.82) is 0 Å². The predicted molar refractivity (Wildman–Crippen MR) is 117 cm³/mol. The fraction of sp³-hybridized carbons (Fsp3) is 0.458. The normalized spacial score (nSPS) is 14.0. The van der Waals surface area contributed by atoms with Crippen LogP contribution in [-0.2, 0) is 23.6 Å². The molecule has 0 spiro atoms. The summed E-state index contributed by atoms with van der Waals surface area (Å²) in [6.45, 7) is 6.64. The number of halogens is 2. The lowest BCUT2D eigenvalue weighted by Crippen LogP contribution is -2.49. The maximum atomic E-state index is 13.5. The Kier molecular flexibility index (Phi) is 8.53. The van der Waals surface area contributed by atoms with Gasteiger partial charge in [-0.15, -0.1) is 0 Å². The zero-order chi connectivity index (χ0) is 23.1. The van der Waals surface area contributed by atoms with Crippen LogP contribution in [-0.4, -0.2) is 35.5 Å². The number of carbonyl (C=O) groups is 1. The van der Waals surface area contributed by atoms with E-state index in [1.54, 1.807) is 32.9 Å². The van der Waals surface area contributed by atoms with Gasteiger partial charge in [-0.1, -0.05) is 48.5 Å². The minimum absolute atomic E-state index is 0.0547. The van der Waals surface area contributed by atoms with Crippen LogP contribution in [0.5, 0.6) is 0 Å². The zero-order valence-corrected chi connectivity index (χ0v) is 18.5. The molecule has 3 N–H and O–H groups in total. The number of rotatable bonds is 9. The molecule has 0 radical (unpaired) electrons. The van der Waals surface area contributed by atoms with Crippen molar-refractivity contribution in [3.8, 4) is 0 Å². The van der Waals surface area contributed by atoms with Crippen LogP contribution in [0.2, 0.25) is 0 Å². The smallest absolute Gasteiger partial charge is 0.407 e. The predicted octanol–water partition coefficient (Wildman–Crippen LogP) is 4.38. The number of alkyl halides is 2. The molecule has 0 bridgehead atoms. The molecule has 170 valence electrons. The number of ether oxygens (including phenoxy) is 1. The monoisotopic (exact) mass is 434 g/mol. The Morgan fingerprint density at radius 1 is 1.03 bits per heavy atom. The molecule has 0 saturated carbocycles. The molecule has 5 nitrogen and oxygen atoms in total. The van der Waals surface area contributed by atoms with Crippen molar-refractivity contribution in [2.75, 3.05) is 6.54 Å². The quantitative estimate of drug-likeness (QED) is 0.548. The molecule has 0 aliphatic heterocycles. The Bertz CT molecular complexity index is 833. The van der Waals surface area contributed by atoms with Crippen LogP contribution in [0.15, 0.2) is 54.6 Å². The minimum Gasteiger partial charge on any atom is -0.444 e. The van der Waals surface area contributed by atoms with Gasteiger partial charge in [0.2, 0.25) is 0 Å². The van der Waals surface area contributed by atoms with Crippen molar-refractivity contribution in [3.05, 3.63) is 71.3 Å². The van der Waals surface area contributed by atoms with Gasteiger partial charge in [0.15, 0.2) is 0 Å². The molecule has 7 heteroatoms. The molecule has 0 heterocycles. The summed E-state index contributed by atoms with van der Waals surface area (Å²) < 4.78 is 32.4. The molecule has 0 aromatic heterocycles. The van der Waals surface area contributed by atoms with Gasteiger partial charge in [-0.2, -0.15) is 0 Å². The Hall–Kier alpha value is -2.51. The Morgan fingerprint density at radius 2 is 1.68 bits per heavy atom. The van der Waals surface area contributed by atoms with Crippen LogP contribution >= 0.6 is 0 Å². The first kappa shape index (κ1) is 24.8. The van der Waals surface area contributed by atoms with Crippen molar-refractivity contribution in [2.45, 2.75) is 64.3 Å². The van der Waals surface area contributed by atoms with Crippen molar-refractivity contribution in [1.82, 2.24) is 10.6 Å². The third-order valence-corrected chi connectivity index (χ3v) is 4.58. The summed E-state index contributed by atoms with van der Waals surface area (Å²) in [5, 5.41) is 16.6. The Morgan fingerprint density at radius 3 is 2.29 bits per heavy atom. The van der Waals surface area contributed by atoms with E-state index in [2.05, 4.69) is 10.6 Å². The molecular formula is C24H32F2N2O3. The second-order valence-corrected chi connectivity index (χ2v) is 8.73. The van der Waals surface area contributed by atoms with E-state index < -0.39 is 29.8 Å². The third-order valence-electron chi connectivity index (χ3n) is 4.58. The third kappa shape index (κ3) is 9.02. The van der Waals surface area contributed by atoms with Crippen LogP contribution in [0.1, 0.15) is 44.4 Å². The van der Waals surface area contributed by atoms with Crippen molar-refractivity contribution in [2.24, 2.45) is 0 Å². The Balaban J connectivity index is 1.99. The summed E-state index contributed by atoms with van der Waals surface area (Å²) >= 11 is 0. The number of benzene rings is 2. The van der Waals surface area contributed by atoms with Crippen LogP contribution < -0.4 is 10.6 Å². The van der Waals surface area contributed by atoms with Crippen LogP contribution in [0.3, 0.4) is 0 Å². The summed E-state index contributed by atoms with van der Waals surface area (Å²) in [5.41, 5.74) is 0.934. The van der Waals surface area contributed by atoms with E-state index in [1.807, 2.05) is 30.3 Å². The fourth-order valence-corrected chi connectivity index (χ4v) is 3.07. The first-order valence-electron chi connectivity index (χ1n) is 10.3. The largest absolute Gasteiger partial charge is 0.444 e. The molecule has 0 aliphatic carbocycles. The van der Waals surface area contributed by atoms with E-state index in [0.29, 0.717) is 18.5 Å². The van der Waals surface area contributed by atoms with Gasteiger partial charge in [0, 0.05) is 25.6 Å². The molecular weight excluding hydrogens is 402 g/mol. The molecule has 0 unspecified atom stereocenters. The second-order valence-electron chi connectivity index (χ2n) is 8.73. The SMILES string of the molecule is CC(C)(C)OC(=O)N[C@@H](Cc1ccccc1)[C@H](O)CNCc1cccc(C(C)(F)F)c1. The van der Waals surface area contributed by atoms with Gasteiger partial charge in [0.05, 0.1) is 12.1 Å². The molecule has 31 heavy (non-hydrogen) atoms. The molecule has 2 rings (SSSR count). The van der Waals surface area contributed by atoms with Gasteiger partial charge in [0.1, 0.15) is 5.60 Å². The molecule has 0 fully saturated rings. The van der Waals surface area contributed by atoms with Crippen molar-refractivity contribution in [3.63, 3.8) is 0 Å². The Labute approximate surface area is 182 Å². The second kappa shape index (κ2) is 10.7. The lowest BCUT2D eigenvalue weighted by Gasteiger charge is -2.27. The average molecular weight is 435 g/mol. The molecule has 2 aromatic carbocycles. The summed E-state index contributed by atoms with van der Waals surface area (Å²) in [6.07, 6.45) is -1.10. The van der Waals surface area contributed by atoms with Crippen molar-refractivity contribution >= 4 is 6.09 Å². The summed E-state index contributed by atoms with van der Waals surface area (Å²) in [6, 6.07) is 15.1. The van der Waals surface area contributed by atoms with Gasteiger partial charge in [0.25, 0.3) is 5.92 Å². The minimum atomic E-state index is -2.91. The molecule has 2 atom stereocenters. The highest BCUT2D eigenvalue weighted by molar-refractivity contribution is 5.68. The first-order valence-corrected chi connectivity index (χ1v) is 10.3. The van der Waals surface area contributed by atoms with Crippen LogP contribution in [0.4, 0.5) is 13.6 Å². The summed E-state index contributed by atoms with van der Waals surface area (Å²) in [7, 11) is 0. The number of carbonyl (C=O) groups excluding carboxylic acids is 1.